The molecule has 1 fully saturated rings. The summed E-state index contributed by atoms with van der Waals surface area (Å²) in [5, 5.41) is 3.24. The fraction of sp³-hybridized carbons (Fsp3) is 0.375. The summed E-state index contributed by atoms with van der Waals surface area (Å²) in [5.41, 5.74) is 2.85. The van der Waals surface area contributed by atoms with Gasteiger partial charge in [0.15, 0.2) is 5.82 Å². The first-order chi connectivity index (χ1) is 15.7. The zero-order valence-corrected chi connectivity index (χ0v) is 17.9. The lowest BCUT2D eigenvalue weighted by Crippen LogP contribution is -2.53. The molecular weight excluding hydrogens is 406 g/mol. The van der Waals surface area contributed by atoms with Crippen molar-refractivity contribution in [3.05, 3.63) is 81.9 Å². The molecule has 8 heteroatoms. The minimum absolute atomic E-state index is 0.00785. The molecule has 5 rings (SSSR count). The van der Waals surface area contributed by atoms with E-state index in [0.717, 1.165) is 49.2 Å². The summed E-state index contributed by atoms with van der Waals surface area (Å²) in [7, 11) is 0. The molecule has 0 radical (unpaired) electrons. The molecule has 1 unspecified atom stereocenters. The Morgan fingerprint density at radius 2 is 1.84 bits per heavy atom. The number of aromatic nitrogens is 3. The summed E-state index contributed by atoms with van der Waals surface area (Å²) in [4.78, 5) is 33.9. The molecule has 0 saturated carbocycles. The lowest BCUT2D eigenvalue weighted by molar-refractivity contribution is 0.0572. The van der Waals surface area contributed by atoms with Crippen molar-refractivity contribution in [2.75, 3.05) is 26.2 Å². The molecule has 1 atom stereocenters. The molecule has 1 aromatic carbocycles. The Morgan fingerprint density at radius 3 is 2.59 bits per heavy atom. The number of aromatic amines is 1. The van der Waals surface area contributed by atoms with Crippen LogP contribution in [0.5, 0.6) is 0 Å². The second kappa shape index (κ2) is 9.00. The average Bonchev–Trinajstić information content (AvgIpc) is 3.19. The van der Waals surface area contributed by atoms with Gasteiger partial charge in [0.1, 0.15) is 6.61 Å². The van der Waals surface area contributed by atoms with E-state index in [9.17, 15) is 9.59 Å². The van der Waals surface area contributed by atoms with Gasteiger partial charge in [-0.3, -0.25) is 14.8 Å². The summed E-state index contributed by atoms with van der Waals surface area (Å²) in [6, 6.07) is 15.6. The van der Waals surface area contributed by atoms with Crippen LogP contribution in [-0.2, 0) is 24.2 Å². The van der Waals surface area contributed by atoms with Gasteiger partial charge in [-0.2, -0.15) is 0 Å². The van der Waals surface area contributed by atoms with Crippen LogP contribution in [0.1, 0.15) is 23.2 Å². The van der Waals surface area contributed by atoms with Crippen LogP contribution in [0.15, 0.2) is 59.5 Å². The number of ether oxygens (including phenoxy) is 1. The number of carbonyl (C=O) groups is 1. The second-order valence-electron chi connectivity index (χ2n) is 8.36. The van der Waals surface area contributed by atoms with E-state index in [2.05, 4.69) is 15.0 Å². The number of pyridine rings is 1. The van der Waals surface area contributed by atoms with Crippen molar-refractivity contribution in [2.24, 2.45) is 0 Å². The summed E-state index contributed by atoms with van der Waals surface area (Å²) in [5.74, 6) is 0.617. The first kappa shape index (κ1) is 20.5. The van der Waals surface area contributed by atoms with Crippen LogP contribution in [0.2, 0.25) is 0 Å². The fourth-order valence-electron chi connectivity index (χ4n) is 4.62. The number of piperazine rings is 1. The van der Waals surface area contributed by atoms with Crippen LogP contribution in [0.4, 0.5) is 4.79 Å². The summed E-state index contributed by atoms with van der Waals surface area (Å²) in [6.45, 7) is 3.16. The summed E-state index contributed by atoms with van der Waals surface area (Å²) in [6.07, 6.45) is 3.99. The topological polar surface area (TPSA) is 83.5 Å². The number of rotatable bonds is 4. The Labute approximate surface area is 186 Å². The van der Waals surface area contributed by atoms with Crippen molar-refractivity contribution >= 4 is 6.09 Å². The first-order valence-corrected chi connectivity index (χ1v) is 11.1. The number of hydrogen-bond acceptors (Lipinski definition) is 5. The van der Waals surface area contributed by atoms with Gasteiger partial charge in [0.05, 0.1) is 0 Å². The monoisotopic (exact) mass is 433 g/mol. The number of aryl methyl sites for hydroxylation is 1. The van der Waals surface area contributed by atoms with Crippen LogP contribution in [0, 0.1) is 0 Å². The standard InChI is InChI=1S/C24H27N5O3/c30-23-20-16-19(9-10-21(20)26-29(23)22-8-4-5-11-25-22)27-12-14-28(15-13-27)24(31)32-17-18-6-2-1-3-7-18/h1-8,11,19,26H,9-10,12-17H2. The van der Waals surface area contributed by atoms with Crippen LogP contribution in [-0.4, -0.2) is 62.9 Å². The highest BCUT2D eigenvalue weighted by molar-refractivity contribution is 5.67. The number of H-pyrrole nitrogens is 1. The van der Waals surface area contributed by atoms with Gasteiger partial charge in [0.2, 0.25) is 0 Å². The lowest BCUT2D eigenvalue weighted by Gasteiger charge is -2.40. The Bertz CT molecular complexity index is 1120. The Hall–Kier alpha value is -3.39. The largest absolute Gasteiger partial charge is 0.445 e. The first-order valence-electron chi connectivity index (χ1n) is 11.1. The van der Waals surface area contributed by atoms with Crippen LogP contribution < -0.4 is 5.56 Å². The molecule has 1 aliphatic carbocycles. The molecule has 3 aromatic rings. The van der Waals surface area contributed by atoms with E-state index >= 15 is 0 Å². The Morgan fingerprint density at radius 1 is 1.06 bits per heavy atom. The molecule has 1 N–H and O–H groups in total. The van der Waals surface area contributed by atoms with Gasteiger partial charge >= 0.3 is 6.09 Å². The van der Waals surface area contributed by atoms with Crippen molar-refractivity contribution in [3.8, 4) is 5.82 Å². The van der Waals surface area contributed by atoms with Gasteiger partial charge in [-0.15, -0.1) is 0 Å². The van der Waals surface area contributed by atoms with E-state index in [4.69, 9.17) is 4.74 Å². The average molecular weight is 434 g/mol. The number of benzene rings is 1. The second-order valence-corrected chi connectivity index (χ2v) is 8.36. The molecule has 0 bridgehead atoms. The number of carbonyl (C=O) groups excluding carboxylic acids is 1. The van der Waals surface area contributed by atoms with Crippen molar-refractivity contribution < 1.29 is 9.53 Å². The van der Waals surface area contributed by atoms with Gasteiger partial charge in [-0.05, 0) is 37.0 Å². The third kappa shape index (κ3) is 4.18. The van der Waals surface area contributed by atoms with Crippen LogP contribution >= 0.6 is 0 Å². The zero-order chi connectivity index (χ0) is 21.9. The van der Waals surface area contributed by atoms with Crippen molar-refractivity contribution in [2.45, 2.75) is 31.9 Å². The molecule has 1 aliphatic heterocycles. The molecule has 8 nitrogen and oxygen atoms in total. The van der Waals surface area contributed by atoms with Gasteiger partial charge in [-0.1, -0.05) is 36.4 Å². The smallest absolute Gasteiger partial charge is 0.410 e. The highest BCUT2D eigenvalue weighted by atomic mass is 16.6. The maximum Gasteiger partial charge on any atom is 0.410 e. The minimum Gasteiger partial charge on any atom is -0.445 e. The third-order valence-corrected chi connectivity index (χ3v) is 6.41. The van der Waals surface area contributed by atoms with Crippen molar-refractivity contribution in [1.82, 2.24) is 24.6 Å². The molecule has 3 heterocycles. The maximum absolute atomic E-state index is 13.0. The maximum atomic E-state index is 13.0. The number of nitrogens with one attached hydrogen (secondary N) is 1. The van der Waals surface area contributed by atoms with Gasteiger partial charge in [0, 0.05) is 49.7 Å². The molecule has 2 aromatic heterocycles. The van der Waals surface area contributed by atoms with E-state index in [-0.39, 0.29) is 11.7 Å². The number of hydrogen-bond donors (Lipinski definition) is 1. The van der Waals surface area contributed by atoms with Crippen LogP contribution in [0.3, 0.4) is 0 Å². The predicted octanol–water partition coefficient (Wildman–Crippen LogP) is 2.37. The molecule has 166 valence electrons. The molecule has 1 amide bonds. The molecule has 1 saturated heterocycles. The summed E-state index contributed by atoms with van der Waals surface area (Å²) < 4.78 is 7.02. The Kier molecular flexibility index (Phi) is 5.77. The number of amides is 1. The van der Waals surface area contributed by atoms with E-state index in [1.54, 1.807) is 15.8 Å². The third-order valence-electron chi connectivity index (χ3n) is 6.41. The zero-order valence-electron chi connectivity index (χ0n) is 17.9. The van der Waals surface area contributed by atoms with Crippen molar-refractivity contribution in [1.29, 1.82) is 0 Å². The molecule has 0 spiro atoms. The lowest BCUT2D eigenvalue weighted by atomic mass is 9.92. The Balaban J connectivity index is 1.17. The fourth-order valence-corrected chi connectivity index (χ4v) is 4.62. The van der Waals surface area contributed by atoms with E-state index in [1.807, 2.05) is 48.5 Å². The van der Waals surface area contributed by atoms with E-state index in [1.165, 1.54) is 0 Å². The predicted molar refractivity (Wildman–Crippen MR) is 120 cm³/mol. The SMILES string of the molecule is O=C(OCc1ccccc1)N1CCN(C2CCc3[nH]n(-c4ccccn4)c(=O)c3C2)CC1. The number of fused-ring (bicyclic) bond motifs is 1. The highest BCUT2D eigenvalue weighted by Crippen LogP contribution is 2.23. The molecular formula is C24H27N5O3. The van der Waals surface area contributed by atoms with Gasteiger partial charge < -0.3 is 9.64 Å². The highest BCUT2D eigenvalue weighted by Gasteiger charge is 2.31. The minimum atomic E-state index is -0.261. The number of nitrogens with zero attached hydrogens (tertiary/aromatic N) is 4. The van der Waals surface area contributed by atoms with Gasteiger partial charge in [-0.25, -0.2) is 14.5 Å². The van der Waals surface area contributed by atoms with Crippen molar-refractivity contribution in [3.63, 3.8) is 0 Å². The normalized spacial score (nSPS) is 18.9. The molecule has 32 heavy (non-hydrogen) atoms. The van der Waals surface area contributed by atoms with Gasteiger partial charge in [0.25, 0.3) is 5.56 Å². The molecule has 2 aliphatic rings. The summed E-state index contributed by atoms with van der Waals surface area (Å²) >= 11 is 0. The quantitative estimate of drug-likeness (QED) is 0.683. The van der Waals surface area contributed by atoms with Crippen LogP contribution in [0.25, 0.3) is 5.82 Å². The van der Waals surface area contributed by atoms with E-state index < -0.39 is 0 Å². The van der Waals surface area contributed by atoms with E-state index in [0.29, 0.717) is 31.6 Å².